The van der Waals surface area contributed by atoms with Crippen molar-refractivity contribution < 1.29 is 9.90 Å². The Labute approximate surface area is 145 Å². The van der Waals surface area contributed by atoms with E-state index in [0.717, 1.165) is 28.5 Å². The van der Waals surface area contributed by atoms with E-state index in [2.05, 4.69) is 20.4 Å². The molecule has 1 aliphatic heterocycles. The number of nitrogens with zero attached hydrogens (tertiary/aromatic N) is 3. The Bertz CT molecular complexity index is 901. The molecule has 1 atom stereocenters. The maximum absolute atomic E-state index is 12.8. The number of nitrogens with one attached hydrogen (secondary N) is 2. The fourth-order valence-corrected chi connectivity index (χ4v) is 3.67. The molecule has 1 fully saturated rings. The van der Waals surface area contributed by atoms with Gasteiger partial charge in [-0.3, -0.25) is 4.79 Å². The van der Waals surface area contributed by atoms with E-state index in [0.29, 0.717) is 25.1 Å². The van der Waals surface area contributed by atoms with E-state index in [9.17, 15) is 9.90 Å². The fraction of sp³-hybridized carbons (Fsp3) is 0.389. The highest BCUT2D eigenvalue weighted by molar-refractivity contribution is 5.90. The number of carbonyl (C=O) groups is 1. The number of fused-ring (bicyclic) bond motifs is 1. The van der Waals surface area contributed by atoms with Gasteiger partial charge in [-0.25, -0.2) is 0 Å². The number of hydrogen-bond donors (Lipinski definition) is 3. The third kappa shape index (κ3) is 2.80. The summed E-state index contributed by atoms with van der Waals surface area (Å²) in [6.45, 7) is 2.95. The van der Waals surface area contributed by atoms with Gasteiger partial charge in [0.25, 0.3) is 0 Å². The SMILES string of the molecule is Cc1cccc2c(CC(=O)N3CCCC(O)(c4cn[nH]n4)C3)c[nH]c12. The van der Waals surface area contributed by atoms with Crippen molar-refractivity contribution in [3.8, 4) is 0 Å². The first-order chi connectivity index (χ1) is 12.1. The van der Waals surface area contributed by atoms with Crippen LogP contribution in [0.15, 0.2) is 30.6 Å². The molecule has 0 spiro atoms. The molecule has 3 aromatic rings. The Hall–Kier alpha value is -2.67. The van der Waals surface area contributed by atoms with Crippen LogP contribution in [-0.4, -0.2) is 49.4 Å². The number of para-hydroxylation sites is 1. The zero-order valence-electron chi connectivity index (χ0n) is 14.1. The molecule has 3 N–H and O–H groups in total. The number of benzene rings is 1. The maximum Gasteiger partial charge on any atom is 0.227 e. The van der Waals surface area contributed by atoms with Gasteiger partial charge in [-0.1, -0.05) is 18.2 Å². The van der Waals surface area contributed by atoms with Crippen molar-refractivity contribution in [2.24, 2.45) is 0 Å². The predicted molar refractivity (Wildman–Crippen MR) is 92.8 cm³/mol. The lowest BCUT2D eigenvalue weighted by atomic mass is 9.89. The molecule has 0 radical (unpaired) electrons. The van der Waals surface area contributed by atoms with Crippen LogP contribution in [0.25, 0.3) is 10.9 Å². The lowest BCUT2D eigenvalue weighted by molar-refractivity contribution is -0.138. The summed E-state index contributed by atoms with van der Waals surface area (Å²) in [6, 6.07) is 6.08. The summed E-state index contributed by atoms with van der Waals surface area (Å²) in [6.07, 6.45) is 5.07. The van der Waals surface area contributed by atoms with E-state index in [1.165, 1.54) is 6.20 Å². The van der Waals surface area contributed by atoms with Gasteiger partial charge in [0.15, 0.2) is 0 Å². The molecule has 7 nitrogen and oxygen atoms in total. The summed E-state index contributed by atoms with van der Waals surface area (Å²) >= 11 is 0. The molecule has 1 aromatic carbocycles. The standard InChI is InChI=1S/C18H21N5O2/c1-12-4-2-5-14-13(9-19-17(12)14)8-16(24)23-7-3-6-18(25,11-23)15-10-20-22-21-15/h2,4-5,9-10,19,25H,3,6-8,11H2,1H3,(H,20,21,22). The molecule has 1 amide bonds. The van der Waals surface area contributed by atoms with Crippen molar-refractivity contribution >= 4 is 16.8 Å². The third-order valence-electron chi connectivity index (χ3n) is 5.07. The lowest BCUT2D eigenvalue weighted by Crippen LogP contribution is -2.49. The van der Waals surface area contributed by atoms with Crippen molar-refractivity contribution in [1.29, 1.82) is 0 Å². The number of aromatic nitrogens is 4. The number of H-pyrrole nitrogens is 2. The molecular weight excluding hydrogens is 318 g/mol. The summed E-state index contributed by atoms with van der Waals surface area (Å²) in [5, 5.41) is 22.2. The van der Waals surface area contributed by atoms with Gasteiger partial charge in [-0.15, -0.1) is 0 Å². The van der Waals surface area contributed by atoms with Crippen molar-refractivity contribution in [1.82, 2.24) is 25.3 Å². The molecule has 130 valence electrons. The number of aromatic amines is 2. The second kappa shape index (κ2) is 6.00. The van der Waals surface area contributed by atoms with Crippen LogP contribution in [-0.2, 0) is 16.8 Å². The Balaban J connectivity index is 1.53. The van der Waals surface area contributed by atoms with E-state index in [1.807, 2.05) is 31.3 Å². The Morgan fingerprint density at radius 1 is 1.44 bits per heavy atom. The molecule has 1 unspecified atom stereocenters. The molecule has 1 saturated heterocycles. The molecule has 4 rings (SSSR count). The van der Waals surface area contributed by atoms with Crippen molar-refractivity contribution in [2.75, 3.05) is 13.1 Å². The molecule has 0 bridgehead atoms. The smallest absolute Gasteiger partial charge is 0.227 e. The maximum atomic E-state index is 12.8. The number of likely N-dealkylation sites (tertiary alicyclic amines) is 1. The van der Waals surface area contributed by atoms with Gasteiger partial charge in [-0.2, -0.15) is 15.4 Å². The molecule has 0 saturated carbocycles. The first kappa shape index (κ1) is 15.8. The average Bonchev–Trinajstić information content (AvgIpc) is 3.26. The van der Waals surface area contributed by atoms with E-state index in [-0.39, 0.29) is 12.5 Å². The summed E-state index contributed by atoms with van der Waals surface area (Å²) in [7, 11) is 0. The van der Waals surface area contributed by atoms with Crippen LogP contribution in [0.5, 0.6) is 0 Å². The Morgan fingerprint density at radius 3 is 3.12 bits per heavy atom. The number of rotatable bonds is 3. The minimum Gasteiger partial charge on any atom is -0.382 e. The molecule has 3 heterocycles. The van der Waals surface area contributed by atoms with Crippen LogP contribution in [0.4, 0.5) is 0 Å². The quantitative estimate of drug-likeness (QED) is 0.676. The molecule has 0 aliphatic carbocycles. The van der Waals surface area contributed by atoms with E-state index >= 15 is 0 Å². The monoisotopic (exact) mass is 339 g/mol. The number of piperidine rings is 1. The van der Waals surface area contributed by atoms with Gasteiger partial charge in [0.1, 0.15) is 11.3 Å². The fourth-order valence-electron chi connectivity index (χ4n) is 3.67. The summed E-state index contributed by atoms with van der Waals surface area (Å²) in [4.78, 5) is 17.8. The largest absolute Gasteiger partial charge is 0.382 e. The highest BCUT2D eigenvalue weighted by atomic mass is 16.3. The minimum atomic E-state index is -1.13. The van der Waals surface area contributed by atoms with E-state index < -0.39 is 5.60 Å². The zero-order valence-corrected chi connectivity index (χ0v) is 14.1. The van der Waals surface area contributed by atoms with Crippen LogP contribution in [0.3, 0.4) is 0 Å². The number of β-amino-alcohol motifs (C(OH)–C–C–N with tert-alkyl or cyclic N) is 1. The van der Waals surface area contributed by atoms with Gasteiger partial charge in [0.05, 0.1) is 19.2 Å². The zero-order chi connectivity index (χ0) is 17.4. The number of carbonyl (C=O) groups excluding carboxylic acids is 1. The van der Waals surface area contributed by atoms with E-state index in [4.69, 9.17) is 0 Å². The molecule has 7 heteroatoms. The topological polar surface area (TPSA) is 97.9 Å². The number of aliphatic hydroxyl groups is 1. The predicted octanol–water partition coefficient (Wildman–Crippen LogP) is 1.65. The van der Waals surface area contributed by atoms with Crippen LogP contribution < -0.4 is 0 Å². The van der Waals surface area contributed by atoms with Crippen LogP contribution in [0.1, 0.15) is 29.7 Å². The average molecular weight is 339 g/mol. The van der Waals surface area contributed by atoms with Crippen LogP contribution in [0, 0.1) is 6.92 Å². The van der Waals surface area contributed by atoms with Gasteiger partial charge in [-0.05, 0) is 30.9 Å². The number of hydrogen-bond acceptors (Lipinski definition) is 4. The highest BCUT2D eigenvalue weighted by Gasteiger charge is 2.38. The normalized spacial score (nSPS) is 21.0. The van der Waals surface area contributed by atoms with E-state index in [1.54, 1.807) is 4.90 Å². The summed E-state index contributed by atoms with van der Waals surface area (Å²) < 4.78 is 0. The van der Waals surface area contributed by atoms with Gasteiger partial charge < -0.3 is 15.0 Å². The third-order valence-corrected chi connectivity index (χ3v) is 5.07. The molecular formula is C18H21N5O2. The minimum absolute atomic E-state index is 0.0176. The summed E-state index contributed by atoms with van der Waals surface area (Å²) in [5.74, 6) is 0.0176. The number of aryl methyl sites for hydroxylation is 1. The van der Waals surface area contributed by atoms with Crippen molar-refractivity contribution in [2.45, 2.75) is 31.8 Å². The lowest BCUT2D eigenvalue weighted by Gasteiger charge is -2.38. The van der Waals surface area contributed by atoms with Crippen molar-refractivity contribution in [3.05, 3.63) is 47.4 Å². The van der Waals surface area contributed by atoms with Crippen LogP contribution >= 0.6 is 0 Å². The van der Waals surface area contributed by atoms with Crippen molar-refractivity contribution in [3.63, 3.8) is 0 Å². The molecule has 1 aliphatic rings. The van der Waals surface area contributed by atoms with Gasteiger partial charge in [0.2, 0.25) is 5.91 Å². The summed E-state index contributed by atoms with van der Waals surface area (Å²) in [5.41, 5.74) is 2.59. The second-order valence-electron chi connectivity index (χ2n) is 6.79. The second-order valence-corrected chi connectivity index (χ2v) is 6.79. The number of amides is 1. The van der Waals surface area contributed by atoms with Gasteiger partial charge in [0, 0.05) is 23.6 Å². The Morgan fingerprint density at radius 2 is 2.32 bits per heavy atom. The Kier molecular flexibility index (Phi) is 3.80. The molecule has 2 aromatic heterocycles. The highest BCUT2D eigenvalue weighted by Crippen LogP contribution is 2.30. The first-order valence-electron chi connectivity index (χ1n) is 8.49. The van der Waals surface area contributed by atoms with Gasteiger partial charge >= 0.3 is 0 Å². The molecule has 25 heavy (non-hydrogen) atoms. The van der Waals surface area contributed by atoms with Crippen LogP contribution in [0.2, 0.25) is 0 Å². The first-order valence-corrected chi connectivity index (χ1v) is 8.49.